The second kappa shape index (κ2) is 8.63. The smallest absolute Gasteiger partial charge is 0.260 e. The number of rotatable bonds is 5. The lowest BCUT2D eigenvalue weighted by atomic mass is 9.88. The van der Waals surface area contributed by atoms with E-state index in [4.69, 9.17) is 4.74 Å². The number of amides is 2. The zero-order chi connectivity index (χ0) is 22.2. The van der Waals surface area contributed by atoms with Crippen molar-refractivity contribution in [3.63, 3.8) is 0 Å². The van der Waals surface area contributed by atoms with Gasteiger partial charge in [-0.05, 0) is 49.3 Å². The van der Waals surface area contributed by atoms with Gasteiger partial charge in [-0.15, -0.1) is 11.3 Å². The summed E-state index contributed by atoms with van der Waals surface area (Å²) in [5.74, 6) is 0.363. The highest BCUT2D eigenvalue weighted by molar-refractivity contribution is 7.91. The van der Waals surface area contributed by atoms with Crippen molar-refractivity contribution < 1.29 is 22.7 Å². The van der Waals surface area contributed by atoms with E-state index >= 15 is 0 Å². The Kier molecular flexibility index (Phi) is 6.07. The second-order valence-electron chi connectivity index (χ2n) is 8.28. The minimum Gasteiger partial charge on any atom is -0.496 e. The summed E-state index contributed by atoms with van der Waals surface area (Å²) >= 11 is 1.44. The minimum absolute atomic E-state index is 0.0367. The molecule has 166 valence electrons. The largest absolute Gasteiger partial charge is 0.496 e. The van der Waals surface area contributed by atoms with Crippen molar-refractivity contribution in [1.82, 2.24) is 5.32 Å². The molecule has 1 aromatic carbocycles. The van der Waals surface area contributed by atoms with E-state index < -0.39 is 15.9 Å². The van der Waals surface area contributed by atoms with Gasteiger partial charge in [0.05, 0.1) is 29.7 Å². The third-order valence-electron chi connectivity index (χ3n) is 5.89. The molecule has 9 heteroatoms. The summed E-state index contributed by atoms with van der Waals surface area (Å²) in [6.07, 6.45) is 3.02. The zero-order valence-corrected chi connectivity index (χ0v) is 19.2. The van der Waals surface area contributed by atoms with E-state index in [0.717, 1.165) is 29.7 Å². The number of fused-ring (bicyclic) bond motifs is 1. The van der Waals surface area contributed by atoms with Crippen molar-refractivity contribution in [2.24, 2.45) is 5.92 Å². The molecule has 2 atom stereocenters. The van der Waals surface area contributed by atoms with Crippen LogP contribution >= 0.6 is 11.3 Å². The number of para-hydroxylation sites is 1. The molecular weight excluding hydrogens is 436 g/mol. The highest BCUT2D eigenvalue weighted by atomic mass is 32.2. The van der Waals surface area contributed by atoms with Crippen molar-refractivity contribution in [2.45, 2.75) is 38.6 Å². The van der Waals surface area contributed by atoms with E-state index in [1.807, 2.05) is 0 Å². The van der Waals surface area contributed by atoms with E-state index in [9.17, 15) is 18.0 Å². The van der Waals surface area contributed by atoms with Crippen LogP contribution in [0, 0.1) is 5.92 Å². The van der Waals surface area contributed by atoms with Crippen LogP contribution in [-0.2, 0) is 22.7 Å². The lowest BCUT2D eigenvalue weighted by molar-refractivity contribution is 0.0941. The Bertz CT molecular complexity index is 1120. The number of carbonyl (C=O) groups is 2. The fourth-order valence-electron chi connectivity index (χ4n) is 4.25. The summed E-state index contributed by atoms with van der Waals surface area (Å²) in [5, 5.41) is 6.31. The SMILES string of the molecule is COc1ccccc1C(=O)Nc1sc2c(c1C(=O)N[C@H]1CCS(=O)(=O)C1)CC[C@H](C)C2. The number of thiophene rings is 1. The van der Waals surface area contributed by atoms with E-state index in [0.29, 0.717) is 34.2 Å². The predicted octanol–water partition coefficient (Wildman–Crippen LogP) is 3.05. The molecule has 2 amide bonds. The molecule has 1 aromatic heterocycles. The van der Waals surface area contributed by atoms with Crippen LogP contribution in [0.1, 0.15) is 50.9 Å². The van der Waals surface area contributed by atoms with E-state index in [1.165, 1.54) is 18.4 Å². The molecule has 2 heterocycles. The molecular formula is C22H26N2O5S2. The molecule has 2 N–H and O–H groups in total. The molecule has 7 nitrogen and oxygen atoms in total. The van der Waals surface area contributed by atoms with Gasteiger partial charge in [0.15, 0.2) is 9.84 Å². The van der Waals surface area contributed by atoms with Gasteiger partial charge in [-0.3, -0.25) is 9.59 Å². The number of hydrogen-bond acceptors (Lipinski definition) is 6. The van der Waals surface area contributed by atoms with Crippen molar-refractivity contribution in [3.8, 4) is 5.75 Å². The van der Waals surface area contributed by atoms with Gasteiger partial charge < -0.3 is 15.4 Å². The van der Waals surface area contributed by atoms with Crippen molar-refractivity contribution >= 4 is 38.0 Å². The first kappa shape index (κ1) is 21.8. The summed E-state index contributed by atoms with van der Waals surface area (Å²) in [4.78, 5) is 27.3. The van der Waals surface area contributed by atoms with Crippen molar-refractivity contribution in [1.29, 1.82) is 0 Å². The number of carbonyl (C=O) groups excluding carboxylic acids is 2. The van der Waals surface area contributed by atoms with Crippen LogP contribution < -0.4 is 15.4 Å². The van der Waals surface area contributed by atoms with E-state index in [-0.39, 0.29) is 23.3 Å². The van der Waals surface area contributed by atoms with Gasteiger partial charge in [0.2, 0.25) is 0 Å². The highest BCUT2D eigenvalue weighted by Gasteiger charge is 2.33. The molecule has 2 aromatic rings. The Balaban J connectivity index is 1.64. The monoisotopic (exact) mass is 462 g/mol. The molecule has 4 rings (SSSR count). The summed E-state index contributed by atoms with van der Waals surface area (Å²) in [6.45, 7) is 2.18. The lowest BCUT2D eigenvalue weighted by Crippen LogP contribution is -2.36. The fourth-order valence-corrected chi connectivity index (χ4v) is 7.32. The van der Waals surface area contributed by atoms with Crippen molar-refractivity contribution in [3.05, 3.63) is 45.8 Å². The molecule has 2 aliphatic rings. The first-order chi connectivity index (χ1) is 14.8. The van der Waals surface area contributed by atoms with Crippen LogP contribution in [-0.4, -0.2) is 44.9 Å². The molecule has 0 saturated carbocycles. The van der Waals surface area contributed by atoms with Crippen LogP contribution in [0.2, 0.25) is 0 Å². The first-order valence-electron chi connectivity index (χ1n) is 10.4. The lowest BCUT2D eigenvalue weighted by Gasteiger charge is -2.19. The van der Waals surface area contributed by atoms with Gasteiger partial charge in [0.1, 0.15) is 10.8 Å². The number of ether oxygens (including phenoxy) is 1. The number of benzene rings is 1. The van der Waals surface area contributed by atoms with Crippen LogP contribution in [0.4, 0.5) is 5.00 Å². The van der Waals surface area contributed by atoms with Gasteiger partial charge in [0, 0.05) is 10.9 Å². The third-order valence-corrected chi connectivity index (χ3v) is 8.82. The summed E-state index contributed by atoms with van der Waals surface area (Å²) in [6, 6.07) is 6.53. The van der Waals surface area contributed by atoms with Crippen LogP contribution in [0.15, 0.2) is 24.3 Å². The Morgan fingerprint density at radius 2 is 1.94 bits per heavy atom. The Morgan fingerprint density at radius 1 is 1.16 bits per heavy atom. The minimum atomic E-state index is -3.10. The number of methoxy groups -OCH3 is 1. The average Bonchev–Trinajstić information content (AvgIpc) is 3.25. The molecule has 1 aliphatic carbocycles. The summed E-state index contributed by atoms with van der Waals surface area (Å²) in [5.41, 5.74) is 1.83. The molecule has 1 saturated heterocycles. The number of hydrogen-bond donors (Lipinski definition) is 2. The number of anilines is 1. The fraction of sp³-hybridized carbons (Fsp3) is 0.455. The maximum Gasteiger partial charge on any atom is 0.260 e. The van der Waals surface area contributed by atoms with E-state index in [2.05, 4.69) is 17.6 Å². The summed E-state index contributed by atoms with van der Waals surface area (Å²) in [7, 11) is -1.60. The molecule has 1 aliphatic heterocycles. The average molecular weight is 463 g/mol. The van der Waals surface area contributed by atoms with Crippen LogP contribution in [0.5, 0.6) is 5.75 Å². The molecule has 0 bridgehead atoms. The summed E-state index contributed by atoms with van der Waals surface area (Å²) < 4.78 is 28.9. The van der Waals surface area contributed by atoms with Gasteiger partial charge in [-0.1, -0.05) is 19.1 Å². The maximum atomic E-state index is 13.2. The number of sulfone groups is 1. The Labute approximate surface area is 186 Å². The Morgan fingerprint density at radius 3 is 2.65 bits per heavy atom. The van der Waals surface area contributed by atoms with Gasteiger partial charge in [-0.2, -0.15) is 0 Å². The Hall–Kier alpha value is -2.39. The quantitative estimate of drug-likeness (QED) is 0.711. The normalized spacial score (nSPS) is 21.9. The first-order valence-corrected chi connectivity index (χ1v) is 13.0. The topological polar surface area (TPSA) is 102 Å². The molecule has 31 heavy (non-hydrogen) atoms. The zero-order valence-electron chi connectivity index (χ0n) is 17.6. The second-order valence-corrected chi connectivity index (χ2v) is 11.6. The number of nitrogens with one attached hydrogen (secondary N) is 2. The van der Waals surface area contributed by atoms with Crippen LogP contribution in [0.3, 0.4) is 0 Å². The van der Waals surface area contributed by atoms with Gasteiger partial charge >= 0.3 is 0 Å². The molecule has 0 unspecified atom stereocenters. The maximum absolute atomic E-state index is 13.2. The third kappa shape index (κ3) is 4.62. The van der Waals surface area contributed by atoms with Gasteiger partial charge in [-0.25, -0.2) is 8.42 Å². The van der Waals surface area contributed by atoms with Gasteiger partial charge in [0.25, 0.3) is 11.8 Å². The van der Waals surface area contributed by atoms with E-state index in [1.54, 1.807) is 24.3 Å². The predicted molar refractivity (Wildman–Crippen MR) is 121 cm³/mol. The molecule has 1 fully saturated rings. The van der Waals surface area contributed by atoms with Crippen molar-refractivity contribution in [2.75, 3.05) is 23.9 Å². The highest BCUT2D eigenvalue weighted by Crippen LogP contribution is 2.40. The molecule has 0 radical (unpaired) electrons. The van der Waals surface area contributed by atoms with Crippen LogP contribution in [0.25, 0.3) is 0 Å². The molecule has 0 spiro atoms. The standard InChI is InChI=1S/C22H26N2O5S2/c1-13-7-8-16-18(11-13)30-22(24-20(25)15-5-3-4-6-17(15)29-2)19(16)21(26)23-14-9-10-31(27,28)12-14/h3-6,13-14H,7-12H2,1-2H3,(H,23,26)(H,24,25)/t13-,14-/m0/s1.